The Morgan fingerprint density at radius 3 is 2.41 bits per heavy atom. The van der Waals surface area contributed by atoms with Gasteiger partial charge in [-0.1, -0.05) is 17.7 Å². The second kappa shape index (κ2) is 6.65. The summed E-state index contributed by atoms with van der Waals surface area (Å²) < 4.78 is 27.6. The molecule has 1 fully saturated rings. The van der Waals surface area contributed by atoms with Gasteiger partial charge in [-0.15, -0.1) is 0 Å². The number of nitrogens with one attached hydrogen (secondary N) is 1. The molecule has 0 saturated carbocycles. The molecule has 0 bridgehead atoms. The van der Waals surface area contributed by atoms with Crippen LogP contribution in [0.5, 0.6) is 0 Å². The van der Waals surface area contributed by atoms with Crippen molar-refractivity contribution < 1.29 is 13.2 Å². The molecule has 0 atom stereocenters. The quantitative estimate of drug-likeness (QED) is 0.880. The number of carbonyl (C=O) groups is 1. The average Bonchev–Trinajstić information content (AvgIpc) is 3.01. The van der Waals surface area contributed by atoms with Gasteiger partial charge in [0.25, 0.3) is 0 Å². The molecule has 6 nitrogen and oxygen atoms in total. The number of rotatable bonds is 3. The van der Waals surface area contributed by atoms with E-state index in [4.69, 9.17) is 0 Å². The zero-order chi connectivity index (χ0) is 19.2. The Hall–Kier alpha value is -2.38. The van der Waals surface area contributed by atoms with E-state index in [1.54, 1.807) is 22.5 Å². The molecule has 0 aliphatic carbocycles. The lowest BCUT2D eigenvalue weighted by molar-refractivity contribution is -0.115. The van der Waals surface area contributed by atoms with Crippen LogP contribution in [0.2, 0.25) is 0 Å². The van der Waals surface area contributed by atoms with E-state index in [-0.39, 0.29) is 17.2 Å². The van der Waals surface area contributed by atoms with Crippen molar-refractivity contribution in [3.05, 3.63) is 53.1 Å². The van der Waals surface area contributed by atoms with Gasteiger partial charge >= 0.3 is 0 Å². The molecule has 2 aliphatic rings. The number of hydrogen-bond donors (Lipinski definition) is 1. The lowest BCUT2D eigenvalue weighted by Crippen LogP contribution is -2.48. The van der Waals surface area contributed by atoms with Crippen LogP contribution in [0.4, 0.5) is 11.4 Å². The predicted molar refractivity (Wildman–Crippen MR) is 106 cm³/mol. The van der Waals surface area contributed by atoms with Crippen molar-refractivity contribution >= 4 is 27.3 Å². The number of anilines is 2. The highest BCUT2D eigenvalue weighted by atomic mass is 32.2. The summed E-state index contributed by atoms with van der Waals surface area (Å²) in [5.41, 5.74) is 5.05. The first-order chi connectivity index (χ1) is 12.8. The molecule has 7 heteroatoms. The summed E-state index contributed by atoms with van der Waals surface area (Å²) in [4.78, 5) is 14.0. The molecule has 0 spiro atoms. The van der Waals surface area contributed by atoms with Gasteiger partial charge in [0.1, 0.15) is 0 Å². The lowest BCUT2D eigenvalue weighted by Gasteiger charge is -2.36. The van der Waals surface area contributed by atoms with Crippen molar-refractivity contribution in [3.63, 3.8) is 0 Å². The van der Waals surface area contributed by atoms with Crippen molar-refractivity contribution in [1.82, 2.24) is 4.31 Å². The van der Waals surface area contributed by atoms with Gasteiger partial charge in [0.05, 0.1) is 11.3 Å². The fourth-order valence-electron chi connectivity index (χ4n) is 3.84. The Morgan fingerprint density at radius 2 is 1.70 bits per heavy atom. The number of nitrogens with zero attached hydrogens (tertiary/aromatic N) is 2. The molecule has 142 valence electrons. The first-order valence-electron chi connectivity index (χ1n) is 9.10. The van der Waals surface area contributed by atoms with Crippen molar-refractivity contribution in [3.8, 4) is 0 Å². The summed E-state index contributed by atoms with van der Waals surface area (Å²) in [6.07, 6.45) is 0.235. The van der Waals surface area contributed by atoms with Gasteiger partial charge in [-0.05, 0) is 49.2 Å². The van der Waals surface area contributed by atoms with Crippen LogP contribution in [-0.2, 0) is 21.2 Å². The molecule has 1 N–H and O–H groups in total. The van der Waals surface area contributed by atoms with Crippen LogP contribution in [0.1, 0.15) is 16.7 Å². The number of fused-ring (bicyclic) bond motifs is 1. The monoisotopic (exact) mass is 385 g/mol. The van der Waals surface area contributed by atoms with Crippen LogP contribution >= 0.6 is 0 Å². The number of aryl methyl sites for hydroxylation is 2. The van der Waals surface area contributed by atoms with E-state index < -0.39 is 10.0 Å². The third-order valence-electron chi connectivity index (χ3n) is 5.27. The molecule has 2 aliphatic heterocycles. The van der Waals surface area contributed by atoms with Crippen molar-refractivity contribution in [1.29, 1.82) is 0 Å². The second-order valence-electron chi connectivity index (χ2n) is 7.22. The van der Waals surface area contributed by atoms with E-state index in [0.717, 1.165) is 5.56 Å². The van der Waals surface area contributed by atoms with E-state index in [2.05, 4.69) is 42.3 Å². The van der Waals surface area contributed by atoms with Crippen LogP contribution in [0.15, 0.2) is 41.3 Å². The lowest BCUT2D eigenvalue weighted by atomic mass is 10.1. The molecule has 0 radical (unpaired) electrons. The minimum atomic E-state index is -3.56. The van der Waals surface area contributed by atoms with Crippen LogP contribution in [-0.4, -0.2) is 44.8 Å². The third-order valence-corrected chi connectivity index (χ3v) is 7.17. The molecule has 0 aromatic heterocycles. The number of piperazine rings is 1. The summed E-state index contributed by atoms with van der Waals surface area (Å²) in [7, 11) is -3.56. The maximum atomic E-state index is 13.0. The highest BCUT2D eigenvalue weighted by Gasteiger charge is 2.30. The van der Waals surface area contributed by atoms with Gasteiger partial charge in [-0.25, -0.2) is 8.42 Å². The maximum absolute atomic E-state index is 13.0. The van der Waals surface area contributed by atoms with E-state index in [1.807, 2.05) is 0 Å². The largest absolute Gasteiger partial charge is 0.369 e. The molecule has 2 aromatic carbocycles. The summed E-state index contributed by atoms with van der Waals surface area (Å²) in [5.74, 6) is -0.0957. The van der Waals surface area contributed by atoms with Gasteiger partial charge in [0, 0.05) is 37.6 Å². The minimum absolute atomic E-state index is 0.0957. The van der Waals surface area contributed by atoms with Gasteiger partial charge in [-0.2, -0.15) is 4.31 Å². The Kier molecular flexibility index (Phi) is 4.44. The maximum Gasteiger partial charge on any atom is 0.243 e. The van der Waals surface area contributed by atoms with Gasteiger partial charge < -0.3 is 10.2 Å². The highest BCUT2D eigenvalue weighted by molar-refractivity contribution is 7.89. The molecule has 0 unspecified atom stereocenters. The second-order valence-corrected chi connectivity index (χ2v) is 9.16. The molecular formula is C20H23N3O3S. The fourth-order valence-corrected chi connectivity index (χ4v) is 5.32. The Morgan fingerprint density at radius 1 is 0.963 bits per heavy atom. The van der Waals surface area contributed by atoms with Gasteiger partial charge in [0.15, 0.2) is 0 Å². The van der Waals surface area contributed by atoms with E-state index >= 15 is 0 Å². The fraction of sp³-hybridized carbons (Fsp3) is 0.350. The number of sulfonamides is 1. The first kappa shape index (κ1) is 18.0. The normalized spacial score (nSPS) is 17.7. The van der Waals surface area contributed by atoms with Crippen molar-refractivity contribution in [2.24, 2.45) is 0 Å². The molecule has 1 amide bonds. The summed E-state index contributed by atoms with van der Waals surface area (Å²) >= 11 is 0. The summed E-state index contributed by atoms with van der Waals surface area (Å²) in [5, 5.41) is 2.73. The summed E-state index contributed by atoms with van der Waals surface area (Å²) in [6, 6.07) is 11.2. The van der Waals surface area contributed by atoms with E-state index in [1.165, 1.54) is 16.8 Å². The van der Waals surface area contributed by atoms with Crippen LogP contribution in [0.25, 0.3) is 0 Å². The van der Waals surface area contributed by atoms with Gasteiger partial charge in [0.2, 0.25) is 15.9 Å². The van der Waals surface area contributed by atoms with E-state index in [0.29, 0.717) is 31.9 Å². The number of amides is 1. The third kappa shape index (κ3) is 3.33. The molecule has 4 rings (SSSR count). The van der Waals surface area contributed by atoms with Crippen molar-refractivity contribution in [2.75, 3.05) is 36.4 Å². The number of hydrogen-bond acceptors (Lipinski definition) is 4. The molecule has 1 saturated heterocycles. The molecule has 2 heterocycles. The highest BCUT2D eigenvalue weighted by Crippen LogP contribution is 2.28. The average molecular weight is 385 g/mol. The first-order valence-corrected chi connectivity index (χ1v) is 10.5. The predicted octanol–water partition coefficient (Wildman–Crippen LogP) is 2.31. The summed E-state index contributed by atoms with van der Waals surface area (Å²) in [6.45, 7) is 6.38. The van der Waals surface area contributed by atoms with Crippen LogP contribution in [0.3, 0.4) is 0 Å². The molecular weight excluding hydrogens is 362 g/mol. The topological polar surface area (TPSA) is 69.7 Å². The molecule has 2 aromatic rings. The molecule has 27 heavy (non-hydrogen) atoms. The van der Waals surface area contributed by atoms with Crippen molar-refractivity contribution in [2.45, 2.75) is 25.2 Å². The van der Waals surface area contributed by atoms with Crippen LogP contribution < -0.4 is 10.2 Å². The smallest absolute Gasteiger partial charge is 0.243 e. The zero-order valence-electron chi connectivity index (χ0n) is 15.5. The number of carbonyl (C=O) groups excluding carboxylic acids is 1. The Labute approximate surface area is 159 Å². The Bertz CT molecular complexity index is 1010. The zero-order valence-corrected chi connectivity index (χ0v) is 16.3. The van der Waals surface area contributed by atoms with Gasteiger partial charge in [-0.3, -0.25) is 4.79 Å². The number of benzene rings is 2. The van der Waals surface area contributed by atoms with E-state index in [9.17, 15) is 13.2 Å². The SMILES string of the molecule is Cc1ccc(N2CCN(S(=O)(=O)c3ccc4c(c3)CC(=O)N4)CC2)c(C)c1. The van der Waals surface area contributed by atoms with Crippen LogP contribution in [0, 0.1) is 13.8 Å². The Balaban J connectivity index is 1.50. The minimum Gasteiger partial charge on any atom is -0.369 e. The standard InChI is InChI=1S/C20H23N3O3S/c1-14-3-6-19(15(2)11-14)22-7-9-23(10-8-22)27(25,26)17-4-5-18-16(12-17)13-20(24)21-18/h3-6,11-12H,7-10,13H2,1-2H3,(H,21,24).